The van der Waals surface area contributed by atoms with E-state index in [0.29, 0.717) is 24.2 Å². The minimum Gasteiger partial charge on any atom is -0.460 e. The van der Waals surface area contributed by atoms with E-state index in [0.717, 1.165) is 36.5 Å². The van der Waals surface area contributed by atoms with Gasteiger partial charge in [0.05, 0.1) is 12.1 Å². The number of hydrogen-bond acceptors (Lipinski definition) is 3. The molecular formula is C23H29NO3. The fourth-order valence-electron chi connectivity index (χ4n) is 2.96. The smallest absolute Gasteiger partial charge is 0.338 e. The first-order valence-electron chi connectivity index (χ1n) is 9.63. The van der Waals surface area contributed by atoms with Gasteiger partial charge in [0.1, 0.15) is 6.61 Å². The number of hydrogen-bond donors (Lipinski definition) is 0. The molecule has 0 aromatic heterocycles. The van der Waals surface area contributed by atoms with Crippen LogP contribution in [-0.4, -0.2) is 36.5 Å². The standard InChI is InChI=1S/C23H29NO3/c1-4-5-6-9-14-24(22(25)18(2)3)15-16-27-23(26)21-13-12-19-10-7-8-11-20(19)17-21/h7-8,10-13,17H,2,4-6,9,14-16H2,1,3H3. The summed E-state index contributed by atoms with van der Waals surface area (Å²) in [6.07, 6.45) is 4.35. The second-order valence-electron chi connectivity index (χ2n) is 6.83. The van der Waals surface area contributed by atoms with Gasteiger partial charge >= 0.3 is 5.97 Å². The van der Waals surface area contributed by atoms with Gasteiger partial charge in [-0.15, -0.1) is 0 Å². The third-order valence-corrected chi connectivity index (χ3v) is 4.51. The van der Waals surface area contributed by atoms with Crippen LogP contribution in [0, 0.1) is 0 Å². The number of carbonyl (C=O) groups excluding carboxylic acids is 2. The van der Waals surface area contributed by atoms with Crippen LogP contribution in [0.15, 0.2) is 54.6 Å². The molecule has 4 heteroatoms. The molecule has 4 nitrogen and oxygen atoms in total. The Kier molecular flexibility index (Phi) is 8.05. The highest BCUT2D eigenvalue weighted by molar-refractivity contribution is 5.95. The molecular weight excluding hydrogens is 338 g/mol. The zero-order valence-corrected chi connectivity index (χ0v) is 16.4. The minimum atomic E-state index is -0.366. The van der Waals surface area contributed by atoms with Gasteiger partial charge in [-0.3, -0.25) is 4.79 Å². The summed E-state index contributed by atoms with van der Waals surface area (Å²) in [6.45, 7) is 8.84. The second-order valence-corrected chi connectivity index (χ2v) is 6.83. The Bertz CT molecular complexity index is 797. The Hall–Kier alpha value is -2.62. The number of benzene rings is 2. The van der Waals surface area contributed by atoms with Crippen molar-refractivity contribution in [2.24, 2.45) is 0 Å². The molecule has 0 bridgehead atoms. The van der Waals surface area contributed by atoms with E-state index in [-0.39, 0.29) is 18.5 Å². The Morgan fingerprint density at radius 2 is 1.74 bits per heavy atom. The van der Waals surface area contributed by atoms with Crippen LogP contribution < -0.4 is 0 Å². The van der Waals surface area contributed by atoms with E-state index in [1.54, 1.807) is 17.9 Å². The molecule has 27 heavy (non-hydrogen) atoms. The van der Waals surface area contributed by atoms with Crippen molar-refractivity contribution in [2.45, 2.75) is 39.5 Å². The number of unbranched alkanes of at least 4 members (excludes halogenated alkanes) is 3. The molecule has 0 N–H and O–H groups in total. The largest absolute Gasteiger partial charge is 0.460 e. The van der Waals surface area contributed by atoms with Crippen molar-refractivity contribution in [3.8, 4) is 0 Å². The number of amides is 1. The highest BCUT2D eigenvalue weighted by atomic mass is 16.5. The Labute approximate surface area is 161 Å². The highest BCUT2D eigenvalue weighted by Gasteiger charge is 2.15. The molecule has 0 saturated carbocycles. The average molecular weight is 367 g/mol. The maximum Gasteiger partial charge on any atom is 0.338 e. The van der Waals surface area contributed by atoms with E-state index < -0.39 is 0 Å². The van der Waals surface area contributed by atoms with Gasteiger partial charge in [-0.05, 0) is 36.2 Å². The third kappa shape index (κ3) is 6.24. The first kappa shape index (κ1) is 20.7. The molecule has 0 aliphatic heterocycles. The maximum absolute atomic E-state index is 12.3. The van der Waals surface area contributed by atoms with Crippen LogP contribution >= 0.6 is 0 Å². The molecule has 0 aliphatic carbocycles. The molecule has 0 fully saturated rings. The van der Waals surface area contributed by atoms with E-state index in [1.165, 1.54) is 0 Å². The predicted octanol–water partition coefficient (Wildman–Crippen LogP) is 4.98. The fourth-order valence-corrected chi connectivity index (χ4v) is 2.96. The van der Waals surface area contributed by atoms with Crippen molar-refractivity contribution >= 4 is 22.6 Å². The first-order chi connectivity index (χ1) is 13.0. The molecule has 0 heterocycles. The average Bonchev–Trinajstić information content (AvgIpc) is 2.68. The molecule has 0 radical (unpaired) electrons. The second kappa shape index (κ2) is 10.5. The topological polar surface area (TPSA) is 46.6 Å². The van der Waals surface area contributed by atoms with E-state index in [9.17, 15) is 9.59 Å². The van der Waals surface area contributed by atoms with E-state index >= 15 is 0 Å². The van der Waals surface area contributed by atoms with Crippen molar-refractivity contribution in [2.75, 3.05) is 19.7 Å². The van der Waals surface area contributed by atoms with Crippen LogP contribution in [0.2, 0.25) is 0 Å². The summed E-state index contributed by atoms with van der Waals surface area (Å²) in [5, 5.41) is 2.08. The van der Waals surface area contributed by atoms with Crippen molar-refractivity contribution in [3.05, 3.63) is 60.2 Å². The summed E-state index contributed by atoms with van der Waals surface area (Å²) < 4.78 is 5.40. The lowest BCUT2D eigenvalue weighted by Gasteiger charge is -2.22. The third-order valence-electron chi connectivity index (χ3n) is 4.51. The predicted molar refractivity (Wildman–Crippen MR) is 110 cm³/mol. The van der Waals surface area contributed by atoms with Crippen molar-refractivity contribution in [1.82, 2.24) is 4.90 Å². The first-order valence-corrected chi connectivity index (χ1v) is 9.63. The molecule has 0 saturated heterocycles. The zero-order chi connectivity index (χ0) is 19.6. The fraction of sp³-hybridized carbons (Fsp3) is 0.391. The van der Waals surface area contributed by atoms with Crippen LogP contribution in [-0.2, 0) is 9.53 Å². The number of nitrogens with zero attached hydrogens (tertiary/aromatic N) is 1. The summed E-state index contributed by atoms with van der Waals surface area (Å²) in [5.41, 5.74) is 1.03. The van der Waals surface area contributed by atoms with Crippen molar-refractivity contribution < 1.29 is 14.3 Å². The summed E-state index contributed by atoms with van der Waals surface area (Å²) in [7, 11) is 0. The van der Waals surface area contributed by atoms with Crippen LogP contribution in [0.4, 0.5) is 0 Å². The molecule has 1 amide bonds. The highest BCUT2D eigenvalue weighted by Crippen LogP contribution is 2.16. The molecule has 0 spiro atoms. The van der Waals surface area contributed by atoms with E-state index in [1.807, 2.05) is 36.4 Å². The van der Waals surface area contributed by atoms with Gasteiger partial charge in [-0.1, -0.05) is 63.1 Å². The minimum absolute atomic E-state index is 0.0757. The molecule has 2 aromatic rings. The summed E-state index contributed by atoms with van der Waals surface area (Å²) in [6, 6.07) is 13.4. The van der Waals surface area contributed by atoms with E-state index in [2.05, 4.69) is 13.5 Å². The van der Waals surface area contributed by atoms with Gasteiger partial charge in [-0.25, -0.2) is 4.79 Å². The Morgan fingerprint density at radius 1 is 1.00 bits per heavy atom. The van der Waals surface area contributed by atoms with Crippen molar-refractivity contribution in [1.29, 1.82) is 0 Å². The van der Waals surface area contributed by atoms with Crippen LogP contribution in [0.5, 0.6) is 0 Å². The number of fused-ring (bicyclic) bond motifs is 1. The molecule has 0 unspecified atom stereocenters. The number of esters is 1. The maximum atomic E-state index is 12.3. The Balaban J connectivity index is 1.90. The van der Waals surface area contributed by atoms with Crippen LogP contribution in [0.1, 0.15) is 49.9 Å². The van der Waals surface area contributed by atoms with Gasteiger partial charge in [-0.2, -0.15) is 0 Å². The number of rotatable bonds is 10. The van der Waals surface area contributed by atoms with Gasteiger partial charge in [0.15, 0.2) is 0 Å². The van der Waals surface area contributed by atoms with Gasteiger partial charge < -0.3 is 9.64 Å². The lowest BCUT2D eigenvalue weighted by Crippen LogP contribution is -2.35. The van der Waals surface area contributed by atoms with Crippen molar-refractivity contribution in [3.63, 3.8) is 0 Å². The molecule has 0 aliphatic rings. The van der Waals surface area contributed by atoms with Crippen LogP contribution in [0.3, 0.4) is 0 Å². The quantitative estimate of drug-likeness (QED) is 0.338. The van der Waals surface area contributed by atoms with E-state index in [4.69, 9.17) is 4.74 Å². The zero-order valence-electron chi connectivity index (χ0n) is 16.4. The SMILES string of the molecule is C=C(C)C(=O)N(CCCCCC)CCOC(=O)c1ccc2ccccc2c1. The van der Waals surface area contributed by atoms with Gasteiger partial charge in [0, 0.05) is 12.1 Å². The lowest BCUT2D eigenvalue weighted by molar-refractivity contribution is -0.127. The monoisotopic (exact) mass is 367 g/mol. The summed E-state index contributed by atoms with van der Waals surface area (Å²) in [5.74, 6) is -0.442. The van der Waals surface area contributed by atoms with Gasteiger partial charge in [0.2, 0.25) is 5.91 Å². The number of carbonyl (C=O) groups is 2. The molecule has 0 atom stereocenters. The number of ether oxygens (including phenoxy) is 1. The van der Waals surface area contributed by atoms with Gasteiger partial charge in [0.25, 0.3) is 0 Å². The lowest BCUT2D eigenvalue weighted by atomic mass is 10.1. The molecule has 144 valence electrons. The Morgan fingerprint density at radius 3 is 2.44 bits per heavy atom. The van der Waals surface area contributed by atoms with Crippen LogP contribution in [0.25, 0.3) is 10.8 Å². The molecule has 2 aromatic carbocycles. The summed E-state index contributed by atoms with van der Waals surface area (Å²) in [4.78, 5) is 26.3. The normalized spacial score (nSPS) is 10.6. The summed E-state index contributed by atoms with van der Waals surface area (Å²) >= 11 is 0. The molecule has 2 rings (SSSR count).